The highest BCUT2D eigenvalue weighted by Crippen LogP contribution is 2.09. The molecule has 0 aliphatic rings. The molecule has 0 spiro atoms. The average Bonchev–Trinajstić information content (AvgIpc) is 2.43. The average molecular weight is 276 g/mol. The minimum atomic E-state index is -0.614. The van der Waals surface area contributed by atoms with E-state index < -0.39 is 5.92 Å². The molecular formula is C15H20N2OS. The normalized spacial score (nSPS) is 13.3. The van der Waals surface area contributed by atoms with E-state index in [1.54, 1.807) is 11.8 Å². The molecule has 1 aromatic carbocycles. The van der Waals surface area contributed by atoms with Gasteiger partial charge >= 0.3 is 0 Å². The van der Waals surface area contributed by atoms with Crippen molar-refractivity contribution in [1.82, 2.24) is 5.32 Å². The molecule has 1 N–H and O–H groups in total. The molecule has 2 atom stereocenters. The van der Waals surface area contributed by atoms with E-state index in [9.17, 15) is 4.79 Å². The molecule has 0 radical (unpaired) electrons. The molecule has 4 heteroatoms. The summed E-state index contributed by atoms with van der Waals surface area (Å²) in [5.74, 6) is 1.13. The van der Waals surface area contributed by atoms with Gasteiger partial charge in [-0.05, 0) is 24.7 Å². The predicted octanol–water partition coefficient (Wildman–Crippen LogP) is 2.63. The molecule has 0 saturated carbocycles. The van der Waals surface area contributed by atoms with Crippen molar-refractivity contribution in [3.8, 4) is 6.07 Å². The van der Waals surface area contributed by atoms with Crippen molar-refractivity contribution in [1.29, 1.82) is 5.26 Å². The number of carbonyl (C=O) groups excluding carboxylic acids is 1. The molecule has 1 rings (SSSR count). The Morgan fingerprint density at radius 3 is 2.68 bits per heavy atom. The summed E-state index contributed by atoms with van der Waals surface area (Å²) in [6, 6.07) is 11.8. The monoisotopic (exact) mass is 276 g/mol. The van der Waals surface area contributed by atoms with Gasteiger partial charge in [0.15, 0.2) is 0 Å². The maximum Gasteiger partial charge on any atom is 0.237 e. The number of carbonyl (C=O) groups is 1. The molecule has 19 heavy (non-hydrogen) atoms. The Labute approximate surface area is 119 Å². The maximum absolute atomic E-state index is 12.0. The van der Waals surface area contributed by atoms with Crippen molar-refractivity contribution in [2.45, 2.75) is 26.3 Å². The molecular weight excluding hydrogens is 256 g/mol. The summed E-state index contributed by atoms with van der Waals surface area (Å²) >= 11 is 1.78. The number of hydrogen-bond donors (Lipinski definition) is 1. The topological polar surface area (TPSA) is 52.9 Å². The van der Waals surface area contributed by atoms with E-state index in [1.807, 2.05) is 37.3 Å². The van der Waals surface area contributed by atoms with E-state index in [4.69, 9.17) is 5.26 Å². The van der Waals surface area contributed by atoms with Crippen LogP contribution in [0.2, 0.25) is 0 Å². The van der Waals surface area contributed by atoms with Crippen LogP contribution in [-0.2, 0) is 11.2 Å². The lowest BCUT2D eigenvalue weighted by Crippen LogP contribution is -2.38. The van der Waals surface area contributed by atoms with Crippen LogP contribution in [0.25, 0.3) is 0 Å². The standard InChI is InChI=1S/C15H20N2OS/c1-3-19-11-12(2)17-15(18)14(10-16)9-13-7-5-4-6-8-13/h4-8,12,14H,3,9,11H2,1-2H3,(H,17,18). The number of benzene rings is 1. The van der Waals surface area contributed by atoms with Crippen LogP contribution in [0.15, 0.2) is 30.3 Å². The highest BCUT2D eigenvalue weighted by Gasteiger charge is 2.19. The zero-order valence-electron chi connectivity index (χ0n) is 11.4. The predicted molar refractivity (Wildman–Crippen MR) is 79.9 cm³/mol. The molecule has 0 fully saturated rings. The van der Waals surface area contributed by atoms with E-state index in [1.165, 1.54) is 0 Å². The van der Waals surface area contributed by atoms with E-state index in [0.717, 1.165) is 17.1 Å². The lowest BCUT2D eigenvalue weighted by molar-refractivity contribution is -0.123. The van der Waals surface area contributed by atoms with Gasteiger partial charge in [-0.3, -0.25) is 4.79 Å². The van der Waals surface area contributed by atoms with Crippen LogP contribution in [-0.4, -0.2) is 23.5 Å². The first kappa shape index (κ1) is 15.6. The second kappa shape index (κ2) is 8.60. The molecule has 1 amide bonds. The van der Waals surface area contributed by atoms with E-state index in [0.29, 0.717) is 6.42 Å². The fourth-order valence-corrected chi connectivity index (χ4v) is 2.40. The number of rotatable bonds is 7. The first-order valence-electron chi connectivity index (χ1n) is 6.49. The summed E-state index contributed by atoms with van der Waals surface area (Å²) in [5, 5.41) is 12.0. The van der Waals surface area contributed by atoms with Crippen molar-refractivity contribution in [2.24, 2.45) is 5.92 Å². The van der Waals surface area contributed by atoms with Crippen LogP contribution in [0.5, 0.6) is 0 Å². The van der Waals surface area contributed by atoms with Crippen LogP contribution in [0.1, 0.15) is 19.4 Å². The van der Waals surface area contributed by atoms with Crippen LogP contribution >= 0.6 is 11.8 Å². The Kier molecular flexibility index (Phi) is 7.06. The second-order valence-corrected chi connectivity index (χ2v) is 5.76. The summed E-state index contributed by atoms with van der Waals surface area (Å²) in [4.78, 5) is 12.0. The summed E-state index contributed by atoms with van der Waals surface area (Å²) in [6.45, 7) is 4.06. The van der Waals surface area contributed by atoms with E-state index >= 15 is 0 Å². The summed E-state index contributed by atoms with van der Waals surface area (Å²) in [5.41, 5.74) is 1.01. The number of nitrogens with zero attached hydrogens (tertiary/aromatic N) is 1. The van der Waals surface area contributed by atoms with Gasteiger partial charge in [0.1, 0.15) is 5.92 Å². The third-order valence-corrected chi connectivity index (χ3v) is 3.86. The molecule has 0 heterocycles. The largest absolute Gasteiger partial charge is 0.352 e. The van der Waals surface area contributed by atoms with Gasteiger partial charge in [0.2, 0.25) is 5.91 Å². The zero-order valence-corrected chi connectivity index (χ0v) is 12.2. The van der Waals surface area contributed by atoms with Crippen molar-refractivity contribution in [3.63, 3.8) is 0 Å². The first-order valence-corrected chi connectivity index (χ1v) is 7.64. The number of amides is 1. The van der Waals surface area contributed by atoms with Crippen molar-refractivity contribution >= 4 is 17.7 Å². The van der Waals surface area contributed by atoms with Crippen LogP contribution in [0.3, 0.4) is 0 Å². The van der Waals surface area contributed by atoms with Crippen LogP contribution < -0.4 is 5.32 Å². The molecule has 0 saturated heterocycles. The number of thioether (sulfide) groups is 1. The minimum absolute atomic E-state index is 0.101. The van der Waals surface area contributed by atoms with E-state index in [-0.39, 0.29) is 11.9 Å². The molecule has 2 unspecified atom stereocenters. The third-order valence-electron chi connectivity index (χ3n) is 2.72. The minimum Gasteiger partial charge on any atom is -0.352 e. The number of nitriles is 1. The molecule has 102 valence electrons. The van der Waals surface area contributed by atoms with Crippen LogP contribution in [0, 0.1) is 17.2 Å². The zero-order chi connectivity index (χ0) is 14.1. The summed E-state index contributed by atoms with van der Waals surface area (Å²) in [7, 11) is 0. The van der Waals surface area contributed by atoms with E-state index in [2.05, 4.69) is 18.3 Å². The SMILES string of the molecule is CCSCC(C)NC(=O)C(C#N)Cc1ccccc1. The summed E-state index contributed by atoms with van der Waals surface area (Å²) in [6.07, 6.45) is 0.469. The van der Waals surface area contributed by atoms with Crippen molar-refractivity contribution in [2.75, 3.05) is 11.5 Å². The Balaban J connectivity index is 2.51. The highest BCUT2D eigenvalue weighted by molar-refractivity contribution is 7.99. The number of hydrogen-bond acceptors (Lipinski definition) is 3. The van der Waals surface area contributed by atoms with Gasteiger partial charge in [0, 0.05) is 11.8 Å². The quantitative estimate of drug-likeness (QED) is 0.833. The Hall–Kier alpha value is -1.47. The van der Waals surface area contributed by atoms with Crippen molar-refractivity contribution < 1.29 is 4.79 Å². The van der Waals surface area contributed by atoms with Gasteiger partial charge < -0.3 is 5.32 Å². The number of nitrogens with one attached hydrogen (secondary N) is 1. The lowest BCUT2D eigenvalue weighted by Gasteiger charge is -2.16. The third kappa shape index (κ3) is 5.80. The Morgan fingerprint density at radius 1 is 1.42 bits per heavy atom. The fraction of sp³-hybridized carbons (Fsp3) is 0.467. The smallest absolute Gasteiger partial charge is 0.237 e. The first-order chi connectivity index (χ1) is 9.17. The molecule has 3 nitrogen and oxygen atoms in total. The fourth-order valence-electron chi connectivity index (χ4n) is 1.73. The van der Waals surface area contributed by atoms with Gasteiger partial charge in [-0.1, -0.05) is 37.3 Å². The van der Waals surface area contributed by atoms with Gasteiger partial charge in [-0.25, -0.2) is 0 Å². The Morgan fingerprint density at radius 2 is 2.11 bits per heavy atom. The molecule has 0 aliphatic heterocycles. The molecule has 1 aromatic rings. The highest BCUT2D eigenvalue weighted by atomic mass is 32.2. The molecule has 0 aromatic heterocycles. The van der Waals surface area contributed by atoms with Crippen LogP contribution in [0.4, 0.5) is 0 Å². The van der Waals surface area contributed by atoms with Gasteiger partial charge in [-0.15, -0.1) is 0 Å². The van der Waals surface area contributed by atoms with Gasteiger partial charge in [0.25, 0.3) is 0 Å². The second-order valence-electron chi connectivity index (χ2n) is 4.44. The molecule has 0 bridgehead atoms. The Bertz CT molecular complexity index is 428. The van der Waals surface area contributed by atoms with Crippen molar-refractivity contribution in [3.05, 3.63) is 35.9 Å². The maximum atomic E-state index is 12.0. The molecule has 0 aliphatic carbocycles. The lowest BCUT2D eigenvalue weighted by atomic mass is 10.00. The van der Waals surface area contributed by atoms with Gasteiger partial charge in [-0.2, -0.15) is 17.0 Å². The van der Waals surface area contributed by atoms with Gasteiger partial charge in [0.05, 0.1) is 6.07 Å². The summed E-state index contributed by atoms with van der Waals surface area (Å²) < 4.78 is 0.